The molecule has 1 saturated heterocycles. The Kier molecular flexibility index (Phi) is 38.5. The molecule has 0 N–H and O–H groups in total. The number of thioether (sulfide) groups is 1. The predicted octanol–water partition coefficient (Wildman–Crippen LogP) is 15.8. The number of carbonyl (C=O) groups excluding carboxylic acids is 3. The first-order chi connectivity index (χ1) is 28.8. The van der Waals surface area contributed by atoms with Crippen molar-refractivity contribution in [2.24, 2.45) is 0 Å². The first-order valence-electron chi connectivity index (χ1n) is 25.4. The molecule has 1 heterocycles. The van der Waals surface area contributed by atoms with Gasteiger partial charge in [-0.3, -0.25) is 19.3 Å². The number of alkyl halides is 1. The predicted molar refractivity (Wildman–Crippen MR) is 263 cm³/mol. The zero-order valence-electron chi connectivity index (χ0n) is 39.4. The molecule has 348 valence electrons. The third kappa shape index (κ3) is 30.2. The minimum Gasteiger partial charge on any atom is -0.462 e. The number of hydrogen-bond acceptors (Lipinski definition) is 7. The van der Waals surface area contributed by atoms with Crippen molar-refractivity contribution in [1.82, 2.24) is 9.80 Å². The molecule has 0 aromatic rings. The average Bonchev–Trinajstić information content (AvgIpc) is 3.69. The fourth-order valence-corrected chi connectivity index (χ4v) is 10.6. The van der Waals surface area contributed by atoms with Crippen molar-refractivity contribution in [1.29, 1.82) is 0 Å². The minimum atomic E-state index is -0.0889. The Morgan fingerprint density at radius 1 is 0.593 bits per heavy atom. The summed E-state index contributed by atoms with van der Waals surface area (Å²) in [6.07, 6.45) is 36.3. The van der Waals surface area contributed by atoms with E-state index >= 15 is 0 Å². The van der Waals surface area contributed by atoms with Gasteiger partial charge in [0.15, 0.2) is 0 Å². The summed E-state index contributed by atoms with van der Waals surface area (Å²) < 4.78 is 13.4. The lowest BCUT2D eigenvalue weighted by Crippen LogP contribution is -2.39. The van der Waals surface area contributed by atoms with E-state index in [-0.39, 0.29) is 35.4 Å². The van der Waals surface area contributed by atoms with Crippen LogP contribution < -0.4 is 0 Å². The molecule has 1 aliphatic heterocycles. The first kappa shape index (κ1) is 56.5. The number of hydrogen-bond donors (Lipinski definition) is 0. The van der Waals surface area contributed by atoms with Gasteiger partial charge in [0.2, 0.25) is 0 Å². The Balaban J connectivity index is 2.92. The van der Waals surface area contributed by atoms with Crippen LogP contribution in [0.2, 0.25) is 0 Å². The highest BCUT2D eigenvalue weighted by molar-refractivity contribution is 14.1. The Bertz CT molecular complexity index is 924. The Labute approximate surface area is 383 Å². The van der Waals surface area contributed by atoms with Crippen molar-refractivity contribution in [3.63, 3.8) is 0 Å². The quantitative estimate of drug-likeness (QED) is 0.0199. The molecule has 9 heteroatoms. The van der Waals surface area contributed by atoms with Gasteiger partial charge in [0.05, 0.1) is 4.55 Å². The molecular weight excluding hydrogens is 868 g/mol. The molecule has 0 aromatic carbocycles. The summed E-state index contributed by atoms with van der Waals surface area (Å²) in [4.78, 5) is 45.2. The van der Waals surface area contributed by atoms with Gasteiger partial charge in [-0.1, -0.05) is 172 Å². The van der Waals surface area contributed by atoms with E-state index in [0.29, 0.717) is 38.3 Å². The van der Waals surface area contributed by atoms with Crippen molar-refractivity contribution in [2.45, 2.75) is 277 Å². The van der Waals surface area contributed by atoms with Gasteiger partial charge in [-0.05, 0) is 109 Å². The summed E-state index contributed by atoms with van der Waals surface area (Å²) in [6, 6.07) is 0.571. The summed E-state index contributed by atoms with van der Waals surface area (Å²) in [6.45, 7) is 13.0. The molecule has 1 atom stereocenters. The van der Waals surface area contributed by atoms with E-state index in [0.717, 1.165) is 87.4 Å². The lowest BCUT2D eigenvalue weighted by atomic mass is 10.0. The third-order valence-electron chi connectivity index (χ3n) is 12.4. The Morgan fingerprint density at radius 3 is 1.41 bits per heavy atom. The number of rotatable bonds is 41. The zero-order valence-corrected chi connectivity index (χ0v) is 42.4. The highest BCUT2D eigenvalue weighted by Gasteiger charge is 2.27. The molecule has 0 spiro atoms. The number of ether oxygens (including phenoxy) is 2. The molecule has 0 saturated carbocycles. The molecule has 1 aliphatic rings. The van der Waals surface area contributed by atoms with E-state index in [1.54, 1.807) is 0 Å². The second-order valence-corrected chi connectivity index (χ2v) is 19.5. The van der Waals surface area contributed by atoms with E-state index in [2.05, 4.69) is 67.0 Å². The highest BCUT2D eigenvalue weighted by atomic mass is 127. The molecular formula is C50H95IN2O5S. The van der Waals surface area contributed by atoms with Crippen molar-refractivity contribution < 1.29 is 23.9 Å². The maximum Gasteiger partial charge on any atom is 0.306 e. The van der Waals surface area contributed by atoms with Crippen LogP contribution in [0.25, 0.3) is 0 Å². The molecule has 0 aliphatic carbocycles. The fraction of sp³-hybridized carbons (Fsp3) is 0.940. The van der Waals surface area contributed by atoms with Gasteiger partial charge in [-0.2, -0.15) is 0 Å². The van der Waals surface area contributed by atoms with Crippen LogP contribution in [0.15, 0.2) is 0 Å². The number of carbonyl (C=O) groups is 3. The summed E-state index contributed by atoms with van der Waals surface area (Å²) in [5.41, 5.74) is 0. The smallest absolute Gasteiger partial charge is 0.306 e. The standard InChI is InChI=1S/C50H95IN2O5S/c1-6-11-15-19-23-33-46(34-24-20-16-12-7-2)57-48(54)37-27-30-45(53(40-10-5)50(56)59-42-39-44-32-29-41-52(44)43-51)31-28-38-49(55)58-47(35-25-21-17-13-8-3)36-26-22-18-14-9-4/h44-47H,6-43H2,1-5H3. The van der Waals surface area contributed by atoms with Crippen LogP contribution in [0.1, 0.15) is 253 Å². The van der Waals surface area contributed by atoms with E-state index in [1.165, 1.54) is 134 Å². The van der Waals surface area contributed by atoms with Crippen LogP contribution in [-0.4, -0.2) is 74.7 Å². The number of halogens is 1. The van der Waals surface area contributed by atoms with Crippen LogP contribution in [0.3, 0.4) is 0 Å². The molecule has 59 heavy (non-hydrogen) atoms. The van der Waals surface area contributed by atoms with E-state index in [1.807, 2.05) is 0 Å². The summed E-state index contributed by atoms with van der Waals surface area (Å²) in [5.74, 6) is 0.654. The van der Waals surface area contributed by atoms with Gasteiger partial charge in [0.1, 0.15) is 12.2 Å². The maximum absolute atomic E-state index is 13.9. The van der Waals surface area contributed by atoms with Crippen LogP contribution in [0, 0.1) is 0 Å². The molecule has 1 unspecified atom stereocenters. The largest absolute Gasteiger partial charge is 0.462 e. The molecule has 1 amide bonds. The van der Waals surface area contributed by atoms with Crippen LogP contribution >= 0.6 is 34.4 Å². The van der Waals surface area contributed by atoms with Crippen LogP contribution in [-0.2, 0) is 19.1 Å². The number of esters is 2. The van der Waals surface area contributed by atoms with E-state index in [4.69, 9.17) is 9.47 Å². The minimum absolute atomic E-state index is 0.00580. The van der Waals surface area contributed by atoms with E-state index < -0.39 is 0 Å². The van der Waals surface area contributed by atoms with Crippen molar-refractivity contribution in [3.8, 4) is 0 Å². The monoisotopic (exact) mass is 963 g/mol. The topological polar surface area (TPSA) is 76.2 Å². The second kappa shape index (κ2) is 40.2. The van der Waals surface area contributed by atoms with Crippen molar-refractivity contribution in [3.05, 3.63) is 0 Å². The fourth-order valence-electron chi connectivity index (χ4n) is 8.74. The number of amides is 1. The first-order valence-corrected chi connectivity index (χ1v) is 28.0. The van der Waals surface area contributed by atoms with Crippen LogP contribution in [0.4, 0.5) is 4.79 Å². The summed E-state index contributed by atoms with van der Waals surface area (Å²) >= 11 is 3.94. The van der Waals surface area contributed by atoms with Gasteiger partial charge < -0.3 is 14.4 Å². The van der Waals surface area contributed by atoms with Crippen LogP contribution in [0.5, 0.6) is 0 Å². The van der Waals surface area contributed by atoms with E-state index in [9.17, 15) is 14.4 Å². The number of nitrogens with zero attached hydrogens (tertiary/aromatic N) is 2. The van der Waals surface area contributed by atoms with Gasteiger partial charge in [-0.15, -0.1) is 0 Å². The molecule has 0 radical (unpaired) electrons. The molecule has 1 rings (SSSR count). The maximum atomic E-state index is 13.9. The zero-order chi connectivity index (χ0) is 43.2. The lowest BCUT2D eigenvalue weighted by molar-refractivity contribution is -0.150. The Hall–Kier alpha value is -0.550. The second-order valence-electron chi connectivity index (χ2n) is 17.8. The summed E-state index contributed by atoms with van der Waals surface area (Å²) in [7, 11) is 0. The molecule has 0 bridgehead atoms. The third-order valence-corrected chi connectivity index (χ3v) is 14.2. The molecule has 7 nitrogen and oxygen atoms in total. The molecule has 1 fully saturated rings. The lowest BCUT2D eigenvalue weighted by Gasteiger charge is -2.32. The van der Waals surface area contributed by atoms with Gasteiger partial charge in [0, 0.05) is 37.2 Å². The highest BCUT2D eigenvalue weighted by Crippen LogP contribution is 2.27. The van der Waals surface area contributed by atoms with Gasteiger partial charge in [-0.25, -0.2) is 0 Å². The average molecular weight is 963 g/mol. The van der Waals surface area contributed by atoms with Crippen molar-refractivity contribution in [2.75, 3.05) is 23.4 Å². The number of likely N-dealkylation sites (tertiary alicyclic amines) is 1. The molecule has 0 aromatic heterocycles. The van der Waals surface area contributed by atoms with Gasteiger partial charge >= 0.3 is 11.9 Å². The number of unbranched alkanes of at least 4 members (excludes halogenated alkanes) is 16. The van der Waals surface area contributed by atoms with Gasteiger partial charge in [0.25, 0.3) is 5.24 Å². The van der Waals surface area contributed by atoms with Crippen molar-refractivity contribution >= 4 is 51.5 Å². The summed E-state index contributed by atoms with van der Waals surface area (Å²) in [5, 5.41) is 0.151. The Morgan fingerprint density at radius 2 is 1.02 bits per heavy atom. The normalized spacial score (nSPS) is 14.6. The SMILES string of the molecule is CCCCCCCC(CCCCCCC)OC(=O)CCCC(CCCC(=O)OC(CCCCCCC)CCCCCCC)N(CCC)C(=O)SCCC1CCCN1CI.